The van der Waals surface area contributed by atoms with Crippen molar-refractivity contribution < 1.29 is 9.90 Å². The number of nitrogens with one attached hydrogen (secondary N) is 1. The second-order valence-electron chi connectivity index (χ2n) is 7.47. The van der Waals surface area contributed by atoms with E-state index in [2.05, 4.69) is 43.7 Å². The fraction of sp³-hybridized carbons (Fsp3) is 0.350. The molecule has 3 aromatic heterocycles. The third-order valence-corrected chi connectivity index (χ3v) is 4.40. The van der Waals surface area contributed by atoms with Gasteiger partial charge in [-0.15, -0.1) is 0 Å². The molecular weight excluding hydrogens is 356 g/mol. The van der Waals surface area contributed by atoms with E-state index in [9.17, 15) is 9.90 Å². The molecule has 0 amide bonds. The minimum atomic E-state index is -0.994. The summed E-state index contributed by atoms with van der Waals surface area (Å²) in [6, 6.07) is 3.96. The van der Waals surface area contributed by atoms with E-state index in [0.29, 0.717) is 17.5 Å². The van der Waals surface area contributed by atoms with Gasteiger partial charge in [-0.3, -0.25) is 4.79 Å². The molecule has 0 saturated carbocycles. The molecular formula is C20H24N6O2. The number of carboxylic acid groups (broad SMARTS) is 1. The molecule has 0 spiro atoms. The van der Waals surface area contributed by atoms with Crippen LogP contribution in [0.25, 0.3) is 17.1 Å². The number of hydrogen-bond donors (Lipinski definition) is 2. The summed E-state index contributed by atoms with van der Waals surface area (Å²) in [4.78, 5) is 28.8. The molecule has 2 N–H and O–H groups in total. The van der Waals surface area contributed by atoms with Gasteiger partial charge in [0.15, 0.2) is 5.82 Å². The molecule has 0 atom stereocenters. The van der Waals surface area contributed by atoms with Crippen molar-refractivity contribution in [2.75, 3.05) is 5.32 Å². The zero-order valence-corrected chi connectivity index (χ0v) is 16.6. The van der Waals surface area contributed by atoms with E-state index in [-0.39, 0.29) is 6.04 Å². The molecule has 0 bridgehead atoms. The van der Waals surface area contributed by atoms with Gasteiger partial charge in [0.2, 0.25) is 0 Å². The van der Waals surface area contributed by atoms with Gasteiger partial charge >= 0.3 is 5.97 Å². The third kappa shape index (κ3) is 4.00. The minimum Gasteiger partial charge on any atom is -0.481 e. The number of aromatic nitrogens is 5. The maximum Gasteiger partial charge on any atom is 0.312 e. The number of nitrogens with zero attached hydrogens (tertiary/aromatic N) is 5. The van der Waals surface area contributed by atoms with Crippen molar-refractivity contribution in [3.05, 3.63) is 42.3 Å². The predicted octanol–water partition coefficient (Wildman–Crippen LogP) is 3.98. The van der Waals surface area contributed by atoms with E-state index in [1.807, 2.05) is 13.0 Å². The van der Waals surface area contributed by atoms with Crippen LogP contribution in [0.3, 0.4) is 0 Å². The van der Waals surface area contributed by atoms with Crippen LogP contribution < -0.4 is 5.32 Å². The van der Waals surface area contributed by atoms with Crippen LogP contribution in [0.1, 0.15) is 45.4 Å². The first-order chi connectivity index (χ1) is 13.2. The lowest BCUT2D eigenvalue weighted by Crippen LogP contribution is -2.20. The zero-order valence-electron chi connectivity index (χ0n) is 16.6. The lowest BCUT2D eigenvalue weighted by Gasteiger charge is -2.13. The lowest BCUT2D eigenvalue weighted by molar-refractivity contribution is -0.144. The van der Waals surface area contributed by atoms with Gasteiger partial charge in [-0.1, -0.05) is 6.08 Å². The van der Waals surface area contributed by atoms with Crippen molar-refractivity contribution in [3.8, 4) is 0 Å². The van der Waals surface area contributed by atoms with Gasteiger partial charge in [-0.2, -0.15) is 0 Å². The number of hydrogen-bond acceptors (Lipinski definition) is 6. The van der Waals surface area contributed by atoms with Gasteiger partial charge in [0.1, 0.15) is 23.0 Å². The second kappa shape index (κ2) is 7.38. The molecule has 0 aliphatic rings. The molecule has 0 unspecified atom stereocenters. The summed E-state index contributed by atoms with van der Waals surface area (Å²) in [5.41, 5.74) is 0.855. The average Bonchev–Trinajstić information content (AvgIpc) is 2.95. The molecule has 3 rings (SSSR count). The first kappa shape index (κ1) is 19.5. The molecule has 0 aliphatic heterocycles. The Morgan fingerprint density at radius 3 is 2.68 bits per heavy atom. The molecule has 3 heterocycles. The maximum atomic E-state index is 11.2. The molecule has 146 valence electrons. The van der Waals surface area contributed by atoms with Crippen LogP contribution in [0.5, 0.6) is 0 Å². The van der Waals surface area contributed by atoms with Crippen molar-refractivity contribution in [2.24, 2.45) is 5.41 Å². The van der Waals surface area contributed by atoms with E-state index >= 15 is 0 Å². The first-order valence-corrected chi connectivity index (χ1v) is 9.04. The van der Waals surface area contributed by atoms with E-state index in [1.165, 1.54) is 0 Å². The topological polar surface area (TPSA) is 106 Å². The predicted molar refractivity (Wildman–Crippen MR) is 108 cm³/mol. The lowest BCUT2D eigenvalue weighted by atomic mass is 9.93. The van der Waals surface area contributed by atoms with Gasteiger partial charge in [0.05, 0.1) is 17.1 Å². The van der Waals surface area contributed by atoms with Crippen LogP contribution >= 0.6 is 0 Å². The summed E-state index contributed by atoms with van der Waals surface area (Å²) in [6.45, 7) is 9.45. The molecule has 0 aliphatic carbocycles. The average molecular weight is 380 g/mol. The molecule has 3 aromatic rings. The van der Waals surface area contributed by atoms with Crippen molar-refractivity contribution in [1.29, 1.82) is 0 Å². The molecule has 8 heteroatoms. The van der Waals surface area contributed by atoms with Crippen LogP contribution in [0.2, 0.25) is 0 Å². The van der Waals surface area contributed by atoms with E-state index in [1.54, 1.807) is 44.5 Å². The van der Waals surface area contributed by atoms with Crippen molar-refractivity contribution in [3.63, 3.8) is 0 Å². The second-order valence-corrected chi connectivity index (χ2v) is 7.47. The number of aliphatic carboxylic acids is 1. The Balaban J connectivity index is 1.87. The molecule has 0 saturated heterocycles. The van der Waals surface area contributed by atoms with Crippen molar-refractivity contribution >= 4 is 34.7 Å². The Hall–Kier alpha value is -3.29. The van der Waals surface area contributed by atoms with Crippen LogP contribution in [0.4, 0.5) is 11.6 Å². The van der Waals surface area contributed by atoms with Crippen LogP contribution in [0, 0.1) is 12.3 Å². The third-order valence-electron chi connectivity index (χ3n) is 4.40. The number of aryl methyl sites for hydroxylation is 1. The molecule has 0 radical (unpaired) electrons. The van der Waals surface area contributed by atoms with E-state index in [4.69, 9.17) is 0 Å². The summed E-state index contributed by atoms with van der Waals surface area (Å²) < 4.78 is 2.16. The summed E-state index contributed by atoms with van der Waals surface area (Å²) in [5.74, 6) is 1.67. The van der Waals surface area contributed by atoms with E-state index < -0.39 is 11.4 Å². The molecule has 8 nitrogen and oxygen atoms in total. The number of carboxylic acids is 1. The van der Waals surface area contributed by atoms with Gasteiger partial charge in [-0.05, 0) is 46.8 Å². The Bertz CT molecular complexity index is 1050. The summed E-state index contributed by atoms with van der Waals surface area (Å²) in [5, 5.41) is 12.4. The number of rotatable bonds is 6. The highest BCUT2D eigenvalue weighted by molar-refractivity contribution is 5.79. The monoisotopic (exact) mass is 380 g/mol. The fourth-order valence-electron chi connectivity index (χ4n) is 2.85. The molecule has 0 aromatic carbocycles. The van der Waals surface area contributed by atoms with Crippen LogP contribution in [0.15, 0.2) is 30.6 Å². The number of fused-ring (bicyclic) bond motifs is 1. The quantitative estimate of drug-likeness (QED) is 0.666. The maximum absolute atomic E-state index is 11.2. The highest BCUT2D eigenvalue weighted by Crippen LogP contribution is 2.24. The molecule has 0 fully saturated rings. The van der Waals surface area contributed by atoms with Gasteiger partial charge < -0.3 is 15.0 Å². The first-order valence-electron chi connectivity index (χ1n) is 9.04. The summed E-state index contributed by atoms with van der Waals surface area (Å²) in [6.07, 6.45) is 6.53. The van der Waals surface area contributed by atoms with Crippen LogP contribution in [-0.2, 0) is 4.79 Å². The summed E-state index contributed by atoms with van der Waals surface area (Å²) >= 11 is 0. The van der Waals surface area contributed by atoms with Crippen molar-refractivity contribution in [1.82, 2.24) is 24.5 Å². The Kier molecular flexibility index (Phi) is 5.13. The summed E-state index contributed by atoms with van der Waals surface area (Å²) in [7, 11) is 0. The van der Waals surface area contributed by atoms with Crippen LogP contribution in [-0.4, -0.2) is 35.6 Å². The largest absolute Gasteiger partial charge is 0.481 e. The van der Waals surface area contributed by atoms with Crippen molar-refractivity contribution in [2.45, 2.75) is 40.7 Å². The standard InChI is InChI=1S/C20H24N6O2/c1-12(2)26-13(3)23-14-11-22-18(10-15(14)26)25-17-7-9-21-16(24-17)6-8-20(4,5)19(27)28/h6-12H,1-5H3,(H,27,28)(H,21,22,24,25)/b8-6+. The highest BCUT2D eigenvalue weighted by atomic mass is 16.4. The number of pyridine rings is 1. The van der Waals surface area contributed by atoms with Gasteiger partial charge in [0, 0.05) is 18.3 Å². The minimum absolute atomic E-state index is 0.286. The zero-order chi connectivity index (χ0) is 20.5. The Labute approximate surface area is 163 Å². The number of anilines is 2. The number of carbonyl (C=O) groups is 1. The normalized spacial score (nSPS) is 12.2. The molecule has 28 heavy (non-hydrogen) atoms. The smallest absolute Gasteiger partial charge is 0.312 e. The van der Waals surface area contributed by atoms with Gasteiger partial charge in [-0.25, -0.2) is 19.9 Å². The Morgan fingerprint density at radius 1 is 1.25 bits per heavy atom. The highest BCUT2D eigenvalue weighted by Gasteiger charge is 2.23. The SMILES string of the molecule is Cc1nc2cnc(Nc3ccnc(/C=C/C(C)(C)C(=O)O)n3)cc2n1C(C)C. The number of imidazole rings is 1. The Morgan fingerprint density at radius 2 is 2.00 bits per heavy atom. The van der Waals surface area contributed by atoms with Gasteiger partial charge in [0.25, 0.3) is 0 Å². The van der Waals surface area contributed by atoms with E-state index in [0.717, 1.165) is 16.9 Å². The fourth-order valence-corrected chi connectivity index (χ4v) is 2.85.